The lowest BCUT2D eigenvalue weighted by molar-refractivity contribution is 0.590. The first kappa shape index (κ1) is 92.1. The Labute approximate surface area is 849 Å². The number of aromatic nitrogens is 4. The molecule has 6 aromatic heterocycles. The highest BCUT2D eigenvalue weighted by molar-refractivity contribution is 7.26. The molecule has 706 valence electrons. The molecule has 0 saturated heterocycles. The zero-order chi connectivity index (χ0) is 99.4. The molecule has 6 heterocycles. The number of benzene rings is 19. The molecule has 0 aliphatic heterocycles. The number of hydrogen-bond acceptors (Lipinski definition) is 2. The van der Waals surface area contributed by atoms with Gasteiger partial charge in [0.2, 0.25) is 0 Å². The number of thiophene rings is 1. The lowest BCUT2D eigenvalue weighted by Crippen LogP contribution is -2.11. The van der Waals surface area contributed by atoms with Gasteiger partial charge in [-0.2, -0.15) is 0 Å². The summed E-state index contributed by atoms with van der Waals surface area (Å²) in [7, 11) is 0. The van der Waals surface area contributed by atoms with Crippen molar-refractivity contribution in [1.82, 2.24) is 18.3 Å². The minimum atomic E-state index is 0.0320. The second-order valence-corrected chi connectivity index (χ2v) is 46.7. The van der Waals surface area contributed by atoms with E-state index in [1.54, 1.807) is 0 Å². The Kier molecular flexibility index (Phi) is 22.5. The van der Waals surface area contributed by atoms with E-state index < -0.39 is 0 Å². The Bertz CT molecular complexity index is 9180. The molecule has 0 radical (unpaired) electrons. The summed E-state index contributed by atoms with van der Waals surface area (Å²) in [4.78, 5) is 0. The van der Waals surface area contributed by atoms with Crippen molar-refractivity contribution in [3.8, 4) is 89.5 Å². The van der Waals surface area contributed by atoms with Crippen LogP contribution in [-0.2, 0) is 32.5 Å². The van der Waals surface area contributed by atoms with Gasteiger partial charge in [-0.25, -0.2) is 0 Å². The van der Waals surface area contributed by atoms with Gasteiger partial charge in [0.1, 0.15) is 11.2 Å². The minimum Gasteiger partial charge on any atom is -0.456 e. The van der Waals surface area contributed by atoms with E-state index in [0.717, 1.165) is 21.9 Å². The predicted octanol–water partition coefficient (Wildman–Crippen LogP) is 39.5. The molecule has 0 N–H and O–H groups in total. The standard InChI is InChI=1S/C50H44N2.C44H39NO.C44H39NS/c1-49(2,3)36-24-27-46-42(31-36)43-32-37(50(4,5)6)25-28-47(43)52(46)44-21-12-10-19-39(44)35-16-14-15-33(29-35)34-23-26-41-40-20-11-13-22-45(40)51(48(41)30-34)38-17-8-7-9-18-38;1-43(2,3)28-22-24-33-34-25-23-29(44(4,5)6)27-39(34)45(38(33)26-28)37-19-11-9-16-32(37)30-14-7-8-15-31(30)35-18-13-21-41-42(35)36-17-10-12-20-40(36)46-41;1-43(2,3)30-21-23-34-35-24-22-31(44(4,5)6)27-40(35)45(39(34)26-30)38-19-9-7-15-32(38)28-13-11-14-29(25-28)33-17-12-18-37-36-16-8-10-20-41(36)46-42(33)37/h7-32H,1-6H3;2*7-27H,1-6H3. The summed E-state index contributed by atoms with van der Waals surface area (Å²) in [5, 5.41) is 15.3. The number of rotatable bonds is 10. The van der Waals surface area contributed by atoms with Crippen molar-refractivity contribution in [1.29, 1.82) is 0 Å². The number of furan rings is 1. The maximum atomic E-state index is 6.31. The van der Waals surface area contributed by atoms with E-state index in [4.69, 9.17) is 4.42 Å². The molecule has 0 bridgehead atoms. The lowest BCUT2D eigenvalue weighted by atomic mass is 9.85. The van der Waals surface area contributed by atoms with Crippen molar-refractivity contribution in [3.63, 3.8) is 0 Å². The lowest BCUT2D eigenvalue weighted by Gasteiger charge is -2.21. The number of nitrogens with zero attached hydrogens (tertiary/aromatic N) is 4. The first-order valence-corrected chi connectivity index (χ1v) is 51.8. The van der Waals surface area contributed by atoms with Crippen LogP contribution in [0.15, 0.2) is 417 Å². The highest BCUT2D eigenvalue weighted by Crippen LogP contribution is 2.50. The Morgan fingerprint density at radius 1 is 0.181 bits per heavy atom. The minimum absolute atomic E-state index is 0.0320. The van der Waals surface area contributed by atoms with Crippen molar-refractivity contribution in [2.45, 2.75) is 157 Å². The third-order valence-electron chi connectivity index (χ3n) is 29.9. The first-order valence-electron chi connectivity index (χ1n) is 51.0. The summed E-state index contributed by atoms with van der Waals surface area (Å²) < 4.78 is 18.9. The van der Waals surface area contributed by atoms with Crippen molar-refractivity contribution in [3.05, 3.63) is 446 Å². The smallest absolute Gasteiger partial charge is 0.136 e. The summed E-state index contributed by atoms with van der Waals surface area (Å²) in [5.74, 6) is 0. The molecule has 0 saturated carbocycles. The van der Waals surface area contributed by atoms with Crippen LogP contribution in [0.25, 0.3) is 219 Å². The van der Waals surface area contributed by atoms with Gasteiger partial charge in [-0.3, -0.25) is 0 Å². The fourth-order valence-corrected chi connectivity index (χ4v) is 23.3. The van der Waals surface area contributed by atoms with Gasteiger partial charge in [0.25, 0.3) is 0 Å². The molecular weight excluding hydrogens is 1760 g/mol. The van der Waals surface area contributed by atoms with Crippen LogP contribution in [-0.4, -0.2) is 18.3 Å². The monoisotopic (exact) mass is 1880 g/mol. The van der Waals surface area contributed by atoms with Gasteiger partial charge in [0, 0.05) is 96.4 Å². The summed E-state index contributed by atoms with van der Waals surface area (Å²) >= 11 is 1.89. The number of fused-ring (bicyclic) bond motifs is 18. The first-order chi connectivity index (χ1) is 69.2. The van der Waals surface area contributed by atoms with E-state index in [9.17, 15) is 0 Å². The Balaban J connectivity index is 0.000000120. The van der Waals surface area contributed by atoms with Gasteiger partial charge in [0.05, 0.1) is 61.2 Å². The van der Waals surface area contributed by atoms with E-state index in [1.807, 2.05) is 17.4 Å². The van der Waals surface area contributed by atoms with E-state index >= 15 is 0 Å². The number of hydrogen-bond donors (Lipinski definition) is 0. The third kappa shape index (κ3) is 16.4. The molecule has 6 heteroatoms. The highest BCUT2D eigenvalue weighted by atomic mass is 32.1. The Morgan fingerprint density at radius 2 is 0.500 bits per heavy atom. The van der Waals surface area contributed by atoms with Gasteiger partial charge in [0.15, 0.2) is 0 Å². The Hall–Kier alpha value is -15.6. The molecule has 0 amide bonds. The third-order valence-corrected chi connectivity index (χ3v) is 31.1. The Morgan fingerprint density at radius 3 is 1.01 bits per heavy atom. The summed E-state index contributed by atoms with van der Waals surface area (Å²) in [6, 6.07) is 153. The second kappa shape index (κ2) is 35.2. The van der Waals surface area contributed by atoms with Gasteiger partial charge in [-0.15, -0.1) is 11.3 Å². The average molecular weight is 1880 g/mol. The van der Waals surface area contributed by atoms with E-state index in [-0.39, 0.29) is 32.5 Å². The van der Waals surface area contributed by atoms with Crippen LogP contribution in [0, 0.1) is 0 Å². The van der Waals surface area contributed by atoms with Crippen LogP contribution in [0.1, 0.15) is 158 Å². The molecule has 0 aliphatic rings. The van der Waals surface area contributed by atoms with Gasteiger partial charge in [-0.1, -0.05) is 416 Å². The van der Waals surface area contributed by atoms with Gasteiger partial charge >= 0.3 is 0 Å². The molecule has 0 unspecified atom stereocenters. The second-order valence-electron chi connectivity index (χ2n) is 45.6. The van der Waals surface area contributed by atoms with Crippen LogP contribution in [0.2, 0.25) is 0 Å². The van der Waals surface area contributed by atoms with Gasteiger partial charge < -0.3 is 22.7 Å². The van der Waals surface area contributed by atoms with Crippen molar-refractivity contribution in [2.24, 2.45) is 0 Å². The fourth-order valence-electron chi connectivity index (χ4n) is 22.0. The molecule has 25 aromatic rings. The summed E-state index contributed by atoms with van der Waals surface area (Å²) in [5.41, 5.74) is 39.4. The molecular formula is C138H122N4OS. The quantitative estimate of drug-likeness (QED) is 0.134. The summed E-state index contributed by atoms with van der Waals surface area (Å²) in [6.45, 7) is 41.4. The normalized spacial score (nSPS) is 12.5. The van der Waals surface area contributed by atoms with E-state index in [2.05, 4.69) is 549 Å². The maximum absolute atomic E-state index is 6.31. The zero-order valence-electron chi connectivity index (χ0n) is 85.9. The molecule has 0 spiro atoms. The van der Waals surface area contributed by atoms with Crippen LogP contribution < -0.4 is 0 Å². The van der Waals surface area contributed by atoms with Crippen molar-refractivity contribution in [2.75, 3.05) is 0 Å². The summed E-state index contributed by atoms with van der Waals surface area (Å²) in [6.07, 6.45) is 0. The van der Waals surface area contributed by atoms with Crippen LogP contribution >= 0.6 is 11.3 Å². The highest BCUT2D eigenvalue weighted by Gasteiger charge is 2.30. The largest absolute Gasteiger partial charge is 0.456 e. The molecule has 19 aromatic carbocycles. The van der Waals surface area contributed by atoms with E-state index in [0.29, 0.717) is 0 Å². The molecule has 0 fully saturated rings. The van der Waals surface area contributed by atoms with Crippen LogP contribution in [0.3, 0.4) is 0 Å². The van der Waals surface area contributed by atoms with Crippen molar-refractivity contribution >= 4 is 141 Å². The molecule has 0 atom stereocenters. The van der Waals surface area contributed by atoms with Crippen LogP contribution in [0.4, 0.5) is 0 Å². The fraction of sp³-hybridized carbons (Fsp3) is 0.174. The topological polar surface area (TPSA) is 32.9 Å². The molecule has 144 heavy (non-hydrogen) atoms. The molecule has 5 nitrogen and oxygen atoms in total. The SMILES string of the molecule is CC(C)(C)c1ccc2c(c1)c1cc(C(C)(C)C)ccc1n2-c1ccccc1-c1cccc(-c2ccc3c4ccccc4n(-c4ccccc4)c3c2)c1.CC(C)(C)c1ccc2c3ccc(C(C)(C)C)cc3n(-c3ccccc3-c3cccc(-c4cccc5c4sc4ccccc45)c3)c2c1.CC(C)(C)c1ccc2c3ccc(C(C)(C)C)cc3n(-c3ccccc3-c3ccccc3-c3cccc4oc5ccccc5c34)c2c1. The maximum Gasteiger partial charge on any atom is 0.136 e. The van der Waals surface area contributed by atoms with E-state index in [1.165, 1.54) is 230 Å². The van der Waals surface area contributed by atoms with Crippen molar-refractivity contribution < 1.29 is 4.42 Å². The molecule has 25 rings (SSSR count). The van der Waals surface area contributed by atoms with Gasteiger partial charge in [-0.05, 0) is 237 Å². The molecule has 0 aliphatic carbocycles. The zero-order valence-corrected chi connectivity index (χ0v) is 86.7. The number of para-hydroxylation sites is 6. The van der Waals surface area contributed by atoms with Crippen LogP contribution in [0.5, 0.6) is 0 Å². The predicted molar refractivity (Wildman–Crippen MR) is 622 cm³/mol. The average Bonchev–Trinajstić information content (AvgIpc) is 1.57.